The van der Waals surface area contributed by atoms with Crippen LogP contribution in [0.5, 0.6) is 0 Å². The Morgan fingerprint density at radius 3 is 2.71 bits per heavy atom. The average Bonchev–Trinajstić information content (AvgIpc) is 2.67. The molecule has 0 fully saturated rings. The number of hydrogen-bond acceptors (Lipinski definition) is 2. The van der Waals surface area contributed by atoms with Crippen molar-refractivity contribution in [3.63, 3.8) is 0 Å². The van der Waals surface area contributed by atoms with Crippen molar-refractivity contribution >= 4 is 40.4 Å². The summed E-state index contributed by atoms with van der Waals surface area (Å²) in [7, 11) is 0. The molecule has 0 saturated heterocycles. The molecule has 2 aromatic rings. The van der Waals surface area contributed by atoms with Crippen LogP contribution in [-0.2, 0) is 6.54 Å². The molecule has 0 amide bonds. The number of thiocarbonyl (C=S) groups is 1. The second-order valence-corrected chi connectivity index (χ2v) is 4.81. The lowest BCUT2D eigenvalue weighted by Gasteiger charge is -2.06. The van der Waals surface area contributed by atoms with Gasteiger partial charge in [0.1, 0.15) is 4.99 Å². The molecule has 0 radical (unpaired) electrons. The number of rotatable bonds is 3. The highest BCUT2D eigenvalue weighted by Gasteiger charge is 2.05. The van der Waals surface area contributed by atoms with Crippen LogP contribution < -0.4 is 5.73 Å². The zero-order chi connectivity index (χ0) is 12.4. The van der Waals surface area contributed by atoms with Gasteiger partial charge in [0.05, 0.1) is 17.8 Å². The molecule has 1 aromatic heterocycles. The van der Waals surface area contributed by atoms with Crippen LogP contribution in [0.4, 0.5) is 0 Å². The fourth-order valence-corrected chi connectivity index (χ4v) is 1.95. The predicted molar refractivity (Wildman–Crippen MR) is 73.7 cm³/mol. The molecule has 0 aliphatic rings. The van der Waals surface area contributed by atoms with E-state index in [9.17, 15) is 0 Å². The van der Waals surface area contributed by atoms with Gasteiger partial charge in [0, 0.05) is 16.8 Å². The number of nitrogens with two attached hydrogens (primary N) is 1. The third-order valence-corrected chi connectivity index (χ3v) is 3.05. The highest BCUT2D eigenvalue weighted by molar-refractivity contribution is 7.80. The molecule has 3 nitrogen and oxygen atoms in total. The van der Waals surface area contributed by atoms with Gasteiger partial charge in [-0.25, -0.2) is 0 Å². The molecule has 0 unspecified atom stereocenters. The highest BCUT2D eigenvalue weighted by Crippen LogP contribution is 2.19. The van der Waals surface area contributed by atoms with E-state index < -0.39 is 0 Å². The van der Waals surface area contributed by atoms with Crippen LogP contribution in [0.2, 0.25) is 10.0 Å². The summed E-state index contributed by atoms with van der Waals surface area (Å²) in [5, 5.41) is 5.30. The standard InChI is InChI=1S/C11H9Cl2N3S/c12-9-4-15-16(6-9)5-8-2-1-7(11(14)17)3-10(8)13/h1-4,6H,5H2,(H2,14,17). The average molecular weight is 286 g/mol. The highest BCUT2D eigenvalue weighted by atomic mass is 35.5. The molecule has 1 aromatic carbocycles. The van der Waals surface area contributed by atoms with Gasteiger partial charge in [-0.05, 0) is 11.6 Å². The fraction of sp³-hybridized carbons (Fsp3) is 0.0909. The van der Waals surface area contributed by atoms with Crippen LogP contribution in [0.15, 0.2) is 30.6 Å². The molecule has 0 saturated carbocycles. The SMILES string of the molecule is NC(=S)c1ccc(Cn2cc(Cl)cn2)c(Cl)c1. The summed E-state index contributed by atoms with van der Waals surface area (Å²) in [6, 6.07) is 5.48. The van der Waals surface area contributed by atoms with Crippen molar-refractivity contribution in [3.05, 3.63) is 51.8 Å². The van der Waals surface area contributed by atoms with E-state index in [2.05, 4.69) is 5.10 Å². The third kappa shape index (κ3) is 2.97. The molecule has 0 aliphatic carbocycles. The van der Waals surface area contributed by atoms with E-state index in [1.54, 1.807) is 23.1 Å². The molecular formula is C11H9Cl2N3S. The summed E-state index contributed by atoms with van der Waals surface area (Å²) in [6.07, 6.45) is 3.32. The Labute approximate surface area is 114 Å². The molecule has 0 bridgehead atoms. The van der Waals surface area contributed by atoms with Gasteiger partial charge in [-0.15, -0.1) is 0 Å². The summed E-state index contributed by atoms with van der Waals surface area (Å²) < 4.78 is 1.71. The number of nitrogens with zero attached hydrogens (tertiary/aromatic N) is 2. The summed E-state index contributed by atoms with van der Waals surface area (Å²) >= 11 is 16.8. The quantitative estimate of drug-likeness (QED) is 0.882. The van der Waals surface area contributed by atoms with E-state index in [0.29, 0.717) is 21.6 Å². The Balaban J connectivity index is 2.25. The molecule has 2 N–H and O–H groups in total. The van der Waals surface area contributed by atoms with Gasteiger partial charge < -0.3 is 5.73 Å². The summed E-state index contributed by atoms with van der Waals surface area (Å²) in [5.41, 5.74) is 7.22. The molecule has 17 heavy (non-hydrogen) atoms. The Kier molecular flexibility index (Phi) is 3.66. The van der Waals surface area contributed by atoms with Gasteiger partial charge in [-0.1, -0.05) is 47.6 Å². The lowest BCUT2D eigenvalue weighted by atomic mass is 10.1. The largest absolute Gasteiger partial charge is 0.389 e. The van der Waals surface area contributed by atoms with Crippen molar-refractivity contribution < 1.29 is 0 Å². The summed E-state index contributed by atoms with van der Waals surface area (Å²) in [5.74, 6) is 0. The molecule has 0 spiro atoms. The van der Waals surface area contributed by atoms with Crippen LogP contribution in [0.3, 0.4) is 0 Å². The van der Waals surface area contributed by atoms with Crippen molar-refractivity contribution in [1.82, 2.24) is 9.78 Å². The van der Waals surface area contributed by atoms with Crippen molar-refractivity contribution in [1.29, 1.82) is 0 Å². The predicted octanol–water partition coefficient (Wildman–Crippen LogP) is 2.87. The summed E-state index contributed by atoms with van der Waals surface area (Å²) in [4.78, 5) is 0.334. The molecule has 0 aliphatic heterocycles. The number of aromatic nitrogens is 2. The van der Waals surface area contributed by atoms with E-state index in [0.717, 1.165) is 11.1 Å². The molecule has 2 rings (SSSR count). The lowest BCUT2D eigenvalue weighted by Crippen LogP contribution is -2.09. The van der Waals surface area contributed by atoms with Gasteiger partial charge >= 0.3 is 0 Å². The second-order valence-electron chi connectivity index (χ2n) is 3.53. The maximum atomic E-state index is 6.14. The van der Waals surface area contributed by atoms with E-state index in [1.165, 1.54) is 0 Å². The lowest BCUT2D eigenvalue weighted by molar-refractivity contribution is 0.687. The molecule has 88 valence electrons. The van der Waals surface area contributed by atoms with Crippen LogP contribution in [0.1, 0.15) is 11.1 Å². The van der Waals surface area contributed by atoms with Gasteiger partial charge in [0.25, 0.3) is 0 Å². The topological polar surface area (TPSA) is 43.8 Å². The first-order valence-electron chi connectivity index (χ1n) is 4.82. The van der Waals surface area contributed by atoms with E-state index in [4.69, 9.17) is 41.2 Å². The maximum Gasteiger partial charge on any atom is 0.104 e. The molecule has 1 heterocycles. The van der Waals surface area contributed by atoms with Crippen molar-refractivity contribution in [2.45, 2.75) is 6.54 Å². The fourth-order valence-electron chi connectivity index (χ4n) is 1.43. The van der Waals surface area contributed by atoms with Crippen molar-refractivity contribution in [2.75, 3.05) is 0 Å². The smallest absolute Gasteiger partial charge is 0.104 e. The number of halogens is 2. The van der Waals surface area contributed by atoms with Crippen molar-refractivity contribution in [3.8, 4) is 0 Å². The van der Waals surface area contributed by atoms with E-state index in [-0.39, 0.29) is 0 Å². The van der Waals surface area contributed by atoms with Crippen LogP contribution in [0, 0.1) is 0 Å². The van der Waals surface area contributed by atoms with E-state index in [1.807, 2.05) is 12.1 Å². The van der Waals surface area contributed by atoms with Crippen LogP contribution >= 0.6 is 35.4 Å². The first kappa shape index (κ1) is 12.4. The third-order valence-electron chi connectivity index (χ3n) is 2.27. The molecular weight excluding hydrogens is 277 g/mol. The van der Waals surface area contributed by atoms with Gasteiger partial charge in [-0.2, -0.15) is 5.10 Å². The zero-order valence-electron chi connectivity index (χ0n) is 8.73. The Morgan fingerprint density at radius 1 is 1.41 bits per heavy atom. The summed E-state index contributed by atoms with van der Waals surface area (Å²) in [6.45, 7) is 0.559. The minimum Gasteiger partial charge on any atom is -0.389 e. The monoisotopic (exact) mass is 285 g/mol. The normalized spacial score (nSPS) is 10.5. The van der Waals surface area contributed by atoms with Crippen LogP contribution in [-0.4, -0.2) is 14.8 Å². The van der Waals surface area contributed by atoms with E-state index >= 15 is 0 Å². The van der Waals surface area contributed by atoms with Gasteiger partial charge in [-0.3, -0.25) is 4.68 Å². The first-order chi connectivity index (χ1) is 8.06. The van der Waals surface area contributed by atoms with Gasteiger partial charge in [0.15, 0.2) is 0 Å². The molecule has 0 atom stereocenters. The maximum absolute atomic E-state index is 6.14. The van der Waals surface area contributed by atoms with Crippen LogP contribution in [0.25, 0.3) is 0 Å². The second kappa shape index (κ2) is 5.04. The number of hydrogen-bond donors (Lipinski definition) is 1. The first-order valence-corrected chi connectivity index (χ1v) is 5.99. The molecule has 6 heteroatoms. The minimum atomic E-state index is 0.334. The Bertz CT molecular complexity index is 566. The Morgan fingerprint density at radius 2 is 2.18 bits per heavy atom. The minimum absolute atomic E-state index is 0.334. The zero-order valence-corrected chi connectivity index (χ0v) is 11.1. The van der Waals surface area contributed by atoms with Crippen molar-refractivity contribution in [2.24, 2.45) is 5.73 Å². The van der Waals surface area contributed by atoms with Gasteiger partial charge in [0.2, 0.25) is 0 Å². The Hall–Kier alpha value is -1.10. The number of benzene rings is 1.